The first-order chi connectivity index (χ1) is 12.3. The van der Waals surface area contributed by atoms with Crippen molar-refractivity contribution < 1.29 is 5.11 Å². The van der Waals surface area contributed by atoms with E-state index in [-0.39, 0.29) is 12.6 Å². The molecule has 3 aromatic rings. The fraction of sp³-hybridized carbons (Fsp3) is 0.421. The summed E-state index contributed by atoms with van der Waals surface area (Å²) in [6.45, 7) is 2.31. The number of aromatic nitrogens is 3. The van der Waals surface area contributed by atoms with Crippen molar-refractivity contribution in [2.24, 2.45) is 0 Å². The van der Waals surface area contributed by atoms with Crippen molar-refractivity contribution >= 4 is 27.4 Å². The summed E-state index contributed by atoms with van der Waals surface area (Å²) >= 11 is 1.80. The molecule has 3 heterocycles. The van der Waals surface area contributed by atoms with Crippen molar-refractivity contribution in [2.75, 3.05) is 11.9 Å². The second kappa shape index (κ2) is 7.06. The van der Waals surface area contributed by atoms with Crippen LogP contribution in [0.3, 0.4) is 0 Å². The lowest BCUT2D eigenvalue weighted by Crippen LogP contribution is -2.21. The average Bonchev–Trinajstić information content (AvgIpc) is 3.22. The lowest BCUT2D eigenvalue weighted by atomic mass is 10.1. The highest BCUT2D eigenvalue weighted by Crippen LogP contribution is 2.40. The molecule has 2 N–H and O–H groups in total. The van der Waals surface area contributed by atoms with Crippen LogP contribution in [0.2, 0.25) is 0 Å². The largest absolute Gasteiger partial charge is 0.396 e. The van der Waals surface area contributed by atoms with E-state index in [4.69, 9.17) is 9.97 Å². The van der Waals surface area contributed by atoms with Gasteiger partial charge in [-0.25, -0.2) is 9.97 Å². The fourth-order valence-corrected chi connectivity index (χ4v) is 4.71. The summed E-state index contributed by atoms with van der Waals surface area (Å²) in [5, 5.41) is 14.1. The predicted octanol–water partition coefficient (Wildman–Crippen LogP) is 3.81. The van der Waals surface area contributed by atoms with E-state index in [0.717, 1.165) is 41.9 Å². The highest BCUT2D eigenvalue weighted by atomic mass is 32.1. The van der Waals surface area contributed by atoms with E-state index in [1.807, 2.05) is 12.1 Å². The van der Waals surface area contributed by atoms with Crippen LogP contribution in [-0.2, 0) is 12.8 Å². The zero-order chi connectivity index (χ0) is 17.2. The minimum absolute atomic E-state index is 0.178. The Morgan fingerprint density at radius 1 is 1.32 bits per heavy atom. The molecule has 0 saturated carbocycles. The maximum absolute atomic E-state index is 9.33. The zero-order valence-electron chi connectivity index (χ0n) is 14.3. The summed E-state index contributed by atoms with van der Waals surface area (Å²) in [6.07, 6.45) is 8.70. The Hall–Kier alpha value is -2.05. The second-order valence-corrected chi connectivity index (χ2v) is 7.52. The molecule has 1 unspecified atom stereocenters. The van der Waals surface area contributed by atoms with Gasteiger partial charge in [-0.3, -0.25) is 4.98 Å². The Bertz CT molecular complexity index is 878. The van der Waals surface area contributed by atoms with E-state index < -0.39 is 0 Å². The van der Waals surface area contributed by atoms with Gasteiger partial charge in [0.2, 0.25) is 0 Å². The van der Waals surface area contributed by atoms with Crippen LogP contribution in [0, 0.1) is 0 Å². The van der Waals surface area contributed by atoms with Gasteiger partial charge in [0.1, 0.15) is 10.6 Å². The third-order valence-electron chi connectivity index (χ3n) is 4.80. The average molecular weight is 354 g/mol. The molecule has 0 aliphatic heterocycles. The molecule has 130 valence electrons. The molecule has 3 aromatic heterocycles. The number of aliphatic hydroxyl groups excluding tert-OH is 1. The first kappa shape index (κ1) is 16.4. The van der Waals surface area contributed by atoms with Gasteiger partial charge in [0.05, 0.1) is 5.39 Å². The maximum Gasteiger partial charge on any atom is 0.164 e. The number of nitrogens with zero attached hydrogens (tertiary/aromatic N) is 3. The summed E-state index contributed by atoms with van der Waals surface area (Å²) in [6, 6.07) is 4.11. The van der Waals surface area contributed by atoms with E-state index >= 15 is 0 Å². The summed E-state index contributed by atoms with van der Waals surface area (Å²) in [4.78, 5) is 16.4. The molecule has 5 nitrogen and oxygen atoms in total. The van der Waals surface area contributed by atoms with Crippen LogP contribution in [0.4, 0.5) is 5.82 Å². The summed E-state index contributed by atoms with van der Waals surface area (Å²) < 4.78 is 0. The van der Waals surface area contributed by atoms with Crippen molar-refractivity contribution in [1.82, 2.24) is 15.0 Å². The molecule has 0 radical (unpaired) electrons. The minimum atomic E-state index is 0.178. The molecule has 0 aromatic carbocycles. The molecule has 1 atom stereocenters. The molecule has 0 fully saturated rings. The first-order valence-electron chi connectivity index (χ1n) is 8.90. The van der Waals surface area contributed by atoms with Crippen LogP contribution in [0.5, 0.6) is 0 Å². The van der Waals surface area contributed by atoms with Gasteiger partial charge in [-0.1, -0.05) is 6.92 Å². The van der Waals surface area contributed by atoms with Gasteiger partial charge >= 0.3 is 0 Å². The Morgan fingerprint density at radius 2 is 2.24 bits per heavy atom. The van der Waals surface area contributed by atoms with Crippen molar-refractivity contribution in [3.8, 4) is 11.4 Å². The van der Waals surface area contributed by atoms with Crippen LogP contribution in [0.15, 0.2) is 24.5 Å². The molecule has 0 spiro atoms. The summed E-state index contributed by atoms with van der Waals surface area (Å²) in [7, 11) is 0. The van der Waals surface area contributed by atoms with Crippen molar-refractivity contribution in [2.45, 2.75) is 45.1 Å². The highest BCUT2D eigenvalue weighted by Gasteiger charge is 2.23. The number of aliphatic hydroxyl groups is 1. The summed E-state index contributed by atoms with van der Waals surface area (Å²) in [5.41, 5.74) is 2.34. The highest BCUT2D eigenvalue weighted by molar-refractivity contribution is 7.19. The SMILES string of the molecule is CCC(CCO)Nc1nc(-c2cccnc2)nc2sc3c(c12)CCC3. The number of aryl methyl sites for hydroxylation is 2. The molecule has 1 aliphatic rings. The lowest BCUT2D eigenvalue weighted by molar-refractivity contribution is 0.278. The number of hydrogen-bond acceptors (Lipinski definition) is 6. The minimum Gasteiger partial charge on any atom is -0.396 e. The normalized spacial score (nSPS) is 14.6. The molecule has 0 saturated heterocycles. The number of pyridine rings is 1. The number of hydrogen-bond donors (Lipinski definition) is 2. The number of nitrogens with one attached hydrogen (secondary N) is 1. The summed E-state index contributed by atoms with van der Waals surface area (Å²) in [5.74, 6) is 1.62. The van der Waals surface area contributed by atoms with E-state index in [1.165, 1.54) is 22.2 Å². The van der Waals surface area contributed by atoms with E-state index in [0.29, 0.717) is 5.82 Å². The Labute approximate surface area is 151 Å². The molecular weight excluding hydrogens is 332 g/mol. The van der Waals surface area contributed by atoms with Crippen LogP contribution in [0.1, 0.15) is 36.6 Å². The van der Waals surface area contributed by atoms with Crippen molar-refractivity contribution in [3.63, 3.8) is 0 Å². The smallest absolute Gasteiger partial charge is 0.164 e. The third-order valence-corrected chi connectivity index (χ3v) is 5.98. The van der Waals surface area contributed by atoms with Crippen LogP contribution in [0.25, 0.3) is 21.6 Å². The number of fused-ring (bicyclic) bond motifs is 3. The first-order valence-corrected chi connectivity index (χ1v) is 9.72. The quantitative estimate of drug-likeness (QED) is 0.704. The third kappa shape index (κ3) is 3.12. The lowest BCUT2D eigenvalue weighted by Gasteiger charge is -2.18. The van der Waals surface area contributed by atoms with E-state index in [2.05, 4.69) is 17.2 Å². The van der Waals surface area contributed by atoms with Crippen molar-refractivity contribution in [1.29, 1.82) is 0 Å². The van der Waals surface area contributed by atoms with Gasteiger partial charge in [-0.05, 0) is 49.8 Å². The van der Waals surface area contributed by atoms with Gasteiger partial charge in [0, 0.05) is 35.5 Å². The van der Waals surface area contributed by atoms with Gasteiger partial charge in [-0.2, -0.15) is 0 Å². The number of anilines is 1. The van der Waals surface area contributed by atoms with Gasteiger partial charge in [0.15, 0.2) is 5.82 Å². The molecule has 0 bridgehead atoms. The fourth-order valence-electron chi connectivity index (χ4n) is 3.45. The number of rotatable bonds is 6. The van der Waals surface area contributed by atoms with Gasteiger partial charge in [0.25, 0.3) is 0 Å². The Morgan fingerprint density at radius 3 is 3.00 bits per heavy atom. The Kier molecular flexibility index (Phi) is 4.63. The predicted molar refractivity (Wildman–Crippen MR) is 102 cm³/mol. The standard InChI is InChI=1S/C19H22N4OS/c1-2-13(8-10-24)21-18-16-14-6-3-7-15(14)25-19(16)23-17(22-18)12-5-4-9-20-11-12/h4-5,9,11,13,24H,2-3,6-8,10H2,1H3,(H,21,22,23). The molecule has 25 heavy (non-hydrogen) atoms. The van der Waals surface area contributed by atoms with Crippen LogP contribution in [-0.4, -0.2) is 32.7 Å². The van der Waals surface area contributed by atoms with E-state index in [1.54, 1.807) is 23.7 Å². The van der Waals surface area contributed by atoms with Crippen LogP contribution < -0.4 is 5.32 Å². The molecule has 0 amide bonds. The monoisotopic (exact) mass is 354 g/mol. The maximum atomic E-state index is 9.33. The second-order valence-electron chi connectivity index (χ2n) is 6.44. The van der Waals surface area contributed by atoms with Crippen molar-refractivity contribution in [3.05, 3.63) is 35.0 Å². The zero-order valence-corrected chi connectivity index (χ0v) is 15.1. The molecule has 4 rings (SSSR count). The van der Waals surface area contributed by atoms with Gasteiger partial charge in [-0.15, -0.1) is 11.3 Å². The van der Waals surface area contributed by atoms with E-state index in [9.17, 15) is 5.11 Å². The molecular formula is C19H22N4OS. The Balaban J connectivity index is 1.85. The van der Waals surface area contributed by atoms with Crippen LogP contribution >= 0.6 is 11.3 Å². The molecule has 6 heteroatoms. The number of thiophene rings is 1. The molecule has 1 aliphatic carbocycles. The van der Waals surface area contributed by atoms with Gasteiger partial charge < -0.3 is 10.4 Å². The topological polar surface area (TPSA) is 70.9 Å².